The smallest absolute Gasteiger partial charge is 0.265 e. The van der Waals surface area contributed by atoms with Crippen molar-refractivity contribution in [2.24, 2.45) is 0 Å². The lowest BCUT2D eigenvalue weighted by molar-refractivity contribution is 0.0730. The number of nitriles is 1. The number of ether oxygens (including phenoxy) is 1. The minimum Gasteiger partial charge on any atom is -0.379 e. The molecule has 0 aliphatic carbocycles. The lowest BCUT2D eigenvalue weighted by Crippen LogP contribution is -2.40. The van der Waals surface area contributed by atoms with Gasteiger partial charge < -0.3 is 10.1 Å². The molecule has 1 aliphatic rings. The van der Waals surface area contributed by atoms with Gasteiger partial charge in [-0.3, -0.25) is 4.79 Å². The van der Waals surface area contributed by atoms with Crippen LogP contribution in [0.2, 0.25) is 0 Å². The number of thiophene rings is 1. The van der Waals surface area contributed by atoms with E-state index < -0.39 is 15.9 Å². The molecule has 1 saturated heterocycles. The van der Waals surface area contributed by atoms with Gasteiger partial charge in [-0.15, -0.1) is 11.3 Å². The average Bonchev–Trinajstić information content (AvgIpc) is 3.14. The van der Waals surface area contributed by atoms with E-state index in [2.05, 4.69) is 5.32 Å². The van der Waals surface area contributed by atoms with Crippen LogP contribution in [0.4, 0.5) is 5.69 Å². The van der Waals surface area contributed by atoms with Crippen molar-refractivity contribution in [2.45, 2.75) is 4.90 Å². The van der Waals surface area contributed by atoms with E-state index in [4.69, 9.17) is 10.00 Å². The predicted octanol–water partition coefficient (Wildman–Crippen LogP) is 1.89. The van der Waals surface area contributed by atoms with Crippen molar-refractivity contribution in [3.8, 4) is 6.07 Å². The van der Waals surface area contributed by atoms with E-state index in [1.54, 1.807) is 24.3 Å². The van der Waals surface area contributed by atoms with Crippen molar-refractivity contribution in [1.29, 1.82) is 5.26 Å². The highest BCUT2D eigenvalue weighted by atomic mass is 32.2. The lowest BCUT2D eigenvalue weighted by atomic mass is 10.2. The van der Waals surface area contributed by atoms with Crippen LogP contribution in [0.15, 0.2) is 40.6 Å². The molecule has 25 heavy (non-hydrogen) atoms. The lowest BCUT2D eigenvalue weighted by Gasteiger charge is -2.25. The van der Waals surface area contributed by atoms with E-state index in [1.165, 1.54) is 15.8 Å². The number of para-hydroxylation sites is 1. The SMILES string of the molecule is N#Cc1ccccc1NC(=O)c1cc(S(=O)(=O)N2CCOCC2)cs1. The summed E-state index contributed by atoms with van der Waals surface area (Å²) in [5, 5.41) is 13.2. The fourth-order valence-electron chi connectivity index (χ4n) is 2.38. The summed E-state index contributed by atoms with van der Waals surface area (Å²) in [5.41, 5.74) is 0.731. The van der Waals surface area contributed by atoms with Crippen LogP contribution < -0.4 is 5.32 Å². The van der Waals surface area contributed by atoms with E-state index in [0.717, 1.165) is 11.3 Å². The minimum absolute atomic E-state index is 0.0955. The Morgan fingerprint density at radius 3 is 2.72 bits per heavy atom. The van der Waals surface area contributed by atoms with E-state index in [-0.39, 0.29) is 9.77 Å². The van der Waals surface area contributed by atoms with Gasteiger partial charge in [0.1, 0.15) is 6.07 Å². The van der Waals surface area contributed by atoms with Crippen molar-refractivity contribution < 1.29 is 17.9 Å². The maximum absolute atomic E-state index is 12.6. The molecule has 1 N–H and O–H groups in total. The molecule has 0 radical (unpaired) electrons. The fourth-order valence-corrected chi connectivity index (χ4v) is 4.95. The number of nitrogens with zero attached hydrogens (tertiary/aromatic N) is 2. The first-order chi connectivity index (χ1) is 12.0. The molecule has 2 heterocycles. The first kappa shape index (κ1) is 17.6. The molecule has 0 unspecified atom stereocenters. The van der Waals surface area contributed by atoms with Gasteiger partial charge >= 0.3 is 0 Å². The molecule has 0 bridgehead atoms. The minimum atomic E-state index is -3.63. The number of amides is 1. The summed E-state index contributed by atoms with van der Waals surface area (Å²) in [6.07, 6.45) is 0. The van der Waals surface area contributed by atoms with Gasteiger partial charge in [-0.1, -0.05) is 12.1 Å². The summed E-state index contributed by atoms with van der Waals surface area (Å²) in [4.78, 5) is 12.7. The van der Waals surface area contributed by atoms with Gasteiger partial charge in [0.15, 0.2) is 0 Å². The molecule has 9 heteroatoms. The van der Waals surface area contributed by atoms with Gasteiger partial charge in [-0.2, -0.15) is 9.57 Å². The molecule has 0 atom stereocenters. The molecule has 1 aliphatic heterocycles. The molecule has 130 valence electrons. The summed E-state index contributed by atoms with van der Waals surface area (Å²) in [6.45, 7) is 1.33. The van der Waals surface area contributed by atoms with Crippen LogP contribution in [0.5, 0.6) is 0 Å². The summed E-state index contributed by atoms with van der Waals surface area (Å²) in [5.74, 6) is -0.448. The van der Waals surface area contributed by atoms with Crippen LogP contribution in [0.25, 0.3) is 0 Å². The zero-order valence-electron chi connectivity index (χ0n) is 13.1. The highest BCUT2D eigenvalue weighted by Gasteiger charge is 2.28. The number of hydrogen-bond acceptors (Lipinski definition) is 6. The quantitative estimate of drug-likeness (QED) is 0.877. The molecule has 1 fully saturated rings. The molecule has 3 rings (SSSR count). The molecule has 7 nitrogen and oxygen atoms in total. The number of sulfonamides is 1. The van der Waals surface area contributed by atoms with Crippen molar-refractivity contribution in [2.75, 3.05) is 31.6 Å². The summed E-state index contributed by atoms with van der Waals surface area (Å²) < 4.78 is 31.7. The highest BCUT2D eigenvalue weighted by molar-refractivity contribution is 7.89. The van der Waals surface area contributed by atoms with Crippen LogP contribution in [0.3, 0.4) is 0 Å². The van der Waals surface area contributed by atoms with Crippen LogP contribution >= 0.6 is 11.3 Å². The Bertz CT molecular complexity index is 925. The topological polar surface area (TPSA) is 99.5 Å². The normalized spacial score (nSPS) is 15.5. The molecular weight excluding hydrogens is 362 g/mol. The van der Waals surface area contributed by atoms with Crippen molar-refractivity contribution in [3.05, 3.63) is 46.2 Å². The second kappa shape index (κ2) is 7.33. The largest absolute Gasteiger partial charge is 0.379 e. The summed E-state index contributed by atoms with van der Waals surface area (Å²) >= 11 is 1.05. The Labute approximate surface area is 149 Å². The fraction of sp³-hybridized carbons (Fsp3) is 0.250. The molecular formula is C16H15N3O4S2. The standard InChI is InChI=1S/C16H15N3O4S2/c17-10-12-3-1-2-4-14(12)18-16(20)15-9-13(11-24-15)25(21,22)19-5-7-23-8-6-19/h1-4,9,11H,5-8H2,(H,18,20). The summed E-state index contributed by atoms with van der Waals surface area (Å²) in [7, 11) is -3.63. The average molecular weight is 377 g/mol. The van der Waals surface area contributed by atoms with Crippen molar-refractivity contribution in [1.82, 2.24) is 4.31 Å². The van der Waals surface area contributed by atoms with Crippen LogP contribution in [0, 0.1) is 11.3 Å². The Kier molecular flexibility index (Phi) is 5.15. The Balaban J connectivity index is 1.79. The predicted molar refractivity (Wildman–Crippen MR) is 93.0 cm³/mol. The van der Waals surface area contributed by atoms with Crippen LogP contribution in [-0.2, 0) is 14.8 Å². The van der Waals surface area contributed by atoms with E-state index in [1.807, 2.05) is 6.07 Å². The number of nitrogens with one attached hydrogen (secondary N) is 1. The van der Waals surface area contributed by atoms with Gasteiger partial charge in [0, 0.05) is 18.5 Å². The maximum atomic E-state index is 12.6. The first-order valence-electron chi connectivity index (χ1n) is 7.49. The highest BCUT2D eigenvalue weighted by Crippen LogP contribution is 2.24. The van der Waals surface area contributed by atoms with Crippen molar-refractivity contribution >= 4 is 33.0 Å². The molecule has 1 aromatic heterocycles. The van der Waals surface area contributed by atoms with Crippen LogP contribution in [-0.4, -0.2) is 44.9 Å². The number of rotatable bonds is 4. The second-order valence-corrected chi connectivity index (χ2v) is 8.12. The number of morpholine rings is 1. The number of hydrogen-bond donors (Lipinski definition) is 1. The Hall–Kier alpha value is -2.25. The maximum Gasteiger partial charge on any atom is 0.265 e. The zero-order chi connectivity index (χ0) is 17.9. The number of carbonyl (C=O) groups excluding carboxylic acids is 1. The zero-order valence-corrected chi connectivity index (χ0v) is 14.8. The molecule has 0 saturated carbocycles. The van der Waals surface area contributed by atoms with Gasteiger partial charge in [-0.25, -0.2) is 8.42 Å². The van der Waals surface area contributed by atoms with E-state index in [9.17, 15) is 13.2 Å². The van der Waals surface area contributed by atoms with Gasteiger partial charge in [0.25, 0.3) is 5.91 Å². The summed E-state index contributed by atoms with van der Waals surface area (Å²) in [6, 6.07) is 9.98. The third-order valence-electron chi connectivity index (χ3n) is 3.70. The second-order valence-electron chi connectivity index (χ2n) is 5.27. The number of carbonyl (C=O) groups is 1. The van der Waals surface area contributed by atoms with Gasteiger partial charge in [0.05, 0.1) is 34.2 Å². The van der Waals surface area contributed by atoms with Crippen LogP contribution in [0.1, 0.15) is 15.2 Å². The van der Waals surface area contributed by atoms with Gasteiger partial charge in [-0.05, 0) is 18.2 Å². The molecule has 1 aromatic carbocycles. The number of benzene rings is 1. The third kappa shape index (κ3) is 3.72. The van der Waals surface area contributed by atoms with Crippen molar-refractivity contribution in [3.63, 3.8) is 0 Å². The Morgan fingerprint density at radius 1 is 1.28 bits per heavy atom. The molecule has 2 aromatic rings. The first-order valence-corrected chi connectivity index (χ1v) is 9.81. The Morgan fingerprint density at radius 2 is 2.00 bits per heavy atom. The monoisotopic (exact) mass is 377 g/mol. The number of anilines is 1. The van der Waals surface area contributed by atoms with E-state index >= 15 is 0 Å². The molecule has 1 amide bonds. The van der Waals surface area contributed by atoms with Gasteiger partial charge in [0.2, 0.25) is 10.0 Å². The molecule has 0 spiro atoms. The third-order valence-corrected chi connectivity index (χ3v) is 6.66. The van der Waals surface area contributed by atoms with E-state index in [0.29, 0.717) is 37.6 Å².